The molecule has 0 radical (unpaired) electrons. The van der Waals surface area contributed by atoms with Gasteiger partial charge in [0.15, 0.2) is 5.82 Å². The van der Waals surface area contributed by atoms with Crippen LogP contribution in [0.15, 0.2) is 0 Å². The predicted octanol–water partition coefficient (Wildman–Crippen LogP) is 1.21. The van der Waals surface area contributed by atoms with E-state index in [1.165, 1.54) is 4.90 Å². The third kappa shape index (κ3) is 2.76. The summed E-state index contributed by atoms with van der Waals surface area (Å²) in [5.74, 6) is 1.32. The Morgan fingerprint density at radius 1 is 1.29 bits per heavy atom. The fourth-order valence-electron chi connectivity index (χ4n) is 2.32. The number of carbonyl (C=O) groups is 1. The van der Waals surface area contributed by atoms with Crippen LogP contribution in [0, 0.1) is 20.8 Å². The number of aryl methyl sites for hydroxylation is 3. The van der Waals surface area contributed by atoms with Crippen LogP contribution in [0.3, 0.4) is 0 Å². The van der Waals surface area contributed by atoms with Gasteiger partial charge in [-0.2, -0.15) is 0 Å². The topological polar surface area (TPSA) is 89.1 Å². The van der Waals surface area contributed by atoms with Gasteiger partial charge in [-0.3, -0.25) is 0 Å². The number of hydrogen-bond acceptors (Lipinski definition) is 4. The Labute approximate surface area is 124 Å². The van der Waals surface area contributed by atoms with Crippen molar-refractivity contribution in [3.05, 3.63) is 17.1 Å². The molecule has 2 heterocycles. The van der Waals surface area contributed by atoms with E-state index in [2.05, 4.69) is 19.9 Å². The second-order valence-corrected chi connectivity index (χ2v) is 5.34. The van der Waals surface area contributed by atoms with E-state index < -0.39 is 0 Å². The Balaban J connectivity index is 2.32. The first-order valence-corrected chi connectivity index (χ1v) is 6.87. The Kier molecular flexibility index (Phi) is 4.02. The van der Waals surface area contributed by atoms with E-state index >= 15 is 0 Å². The van der Waals surface area contributed by atoms with E-state index in [1.54, 1.807) is 14.1 Å². The van der Waals surface area contributed by atoms with Crippen LogP contribution in [0.2, 0.25) is 0 Å². The summed E-state index contributed by atoms with van der Waals surface area (Å²) < 4.78 is 2.08. The summed E-state index contributed by atoms with van der Waals surface area (Å²) in [5.41, 5.74) is 9.66. The maximum atomic E-state index is 11.6. The lowest BCUT2D eigenvalue weighted by Crippen LogP contribution is -2.36. The highest BCUT2D eigenvalue weighted by Crippen LogP contribution is 2.25. The van der Waals surface area contributed by atoms with Crippen molar-refractivity contribution < 1.29 is 4.79 Å². The number of nitrogens with zero attached hydrogens (tertiary/aromatic N) is 4. The van der Waals surface area contributed by atoms with Crippen molar-refractivity contribution in [1.82, 2.24) is 24.8 Å². The molecule has 114 valence electrons. The summed E-state index contributed by atoms with van der Waals surface area (Å²) in [6.45, 7) is 7.06. The lowest BCUT2D eigenvalue weighted by Gasteiger charge is -2.14. The number of urea groups is 1. The number of aromatic nitrogens is 3. The van der Waals surface area contributed by atoms with Gasteiger partial charge in [-0.1, -0.05) is 0 Å². The second-order valence-electron chi connectivity index (χ2n) is 5.34. The molecule has 3 N–H and O–H groups in total. The number of nitrogens with one attached hydrogen (secondary N) is 1. The van der Waals surface area contributed by atoms with Crippen LogP contribution in [-0.2, 0) is 6.54 Å². The largest absolute Gasteiger partial charge is 0.382 e. The molecule has 2 aromatic heterocycles. The quantitative estimate of drug-likeness (QED) is 0.889. The molecule has 0 spiro atoms. The third-order valence-corrected chi connectivity index (χ3v) is 3.60. The van der Waals surface area contributed by atoms with Crippen LogP contribution in [0.4, 0.5) is 10.6 Å². The molecular weight excluding hydrogens is 268 g/mol. The monoisotopic (exact) mass is 290 g/mol. The highest BCUT2D eigenvalue weighted by Gasteiger charge is 2.15. The number of nitrogens with two attached hydrogens (primary N) is 1. The van der Waals surface area contributed by atoms with Crippen LogP contribution in [0.1, 0.15) is 17.1 Å². The Morgan fingerprint density at radius 3 is 2.57 bits per heavy atom. The zero-order chi connectivity index (χ0) is 15.7. The van der Waals surface area contributed by atoms with Gasteiger partial charge in [0, 0.05) is 32.9 Å². The maximum Gasteiger partial charge on any atom is 0.316 e. The number of amides is 2. The number of anilines is 1. The minimum atomic E-state index is -0.105. The number of carbonyl (C=O) groups excluding carboxylic acids is 1. The lowest BCUT2D eigenvalue weighted by atomic mass is 10.2. The Bertz CT molecular complexity index is 689. The van der Waals surface area contributed by atoms with E-state index in [4.69, 9.17) is 5.73 Å². The van der Waals surface area contributed by atoms with E-state index in [-0.39, 0.29) is 6.03 Å². The average molecular weight is 290 g/mol. The molecule has 2 rings (SSSR count). The van der Waals surface area contributed by atoms with Crippen molar-refractivity contribution in [3.8, 4) is 0 Å². The first-order chi connectivity index (χ1) is 9.82. The number of fused-ring (bicyclic) bond motifs is 1. The van der Waals surface area contributed by atoms with E-state index in [0.717, 1.165) is 28.1 Å². The maximum absolute atomic E-state index is 11.6. The van der Waals surface area contributed by atoms with Crippen molar-refractivity contribution >= 4 is 22.9 Å². The van der Waals surface area contributed by atoms with Gasteiger partial charge in [0.05, 0.1) is 5.52 Å². The molecule has 0 saturated carbocycles. The van der Waals surface area contributed by atoms with Crippen LogP contribution < -0.4 is 11.1 Å². The molecule has 0 aliphatic rings. The summed E-state index contributed by atoms with van der Waals surface area (Å²) >= 11 is 0. The summed E-state index contributed by atoms with van der Waals surface area (Å²) in [5, 5.41) is 2.85. The van der Waals surface area contributed by atoms with Gasteiger partial charge in [-0.15, -0.1) is 0 Å². The fraction of sp³-hybridized carbons (Fsp3) is 0.500. The molecule has 0 fully saturated rings. The molecule has 0 bridgehead atoms. The highest BCUT2D eigenvalue weighted by atomic mass is 16.2. The predicted molar refractivity (Wildman–Crippen MR) is 83.2 cm³/mol. The molecule has 0 aliphatic carbocycles. The molecule has 0 unspecified atom stereocenters. The standard InChI is InChI=1S/C14H22N6O/c1-8-9(2)17-13(15)11-12(8)20(10(3)18-11)7-6-16-14(21)19(4)5/h6-7H2,1-5H3,(H2,15,17)(H,16,21). The number of hydrogen-bond donors (Lipinski definition) is 2. The SMILES string of the molecule is Cc1nc(N)c2nc(C)n(CCNC(=O)N(C)C)c2c1C. The normalized spacial score (nSPS) is 10.9. The first kappa shape index (κ1) is 15.1. The molecule has 2 amide bonds. The molecule has 0 saturated heterocycles. The molecule has 7 nitrogen and oxygen atoms in total. The van der Waals surface area contributed by atoms with Crippen LogP contribution in [0.25, 0.3) is 11.0 Å². The fourth-order valence-corrected chi connectivity index (χ4v) is 2.32. The lowest BCUT2D eigenvalue weighted by molar-refractivity contribution is 0.217. The summed E-state index contributed by atoms with van der Waals surface area (Å²) in [7, 11) is 3.43. The van der Waals surface area contributed by atoms with Crippen molar-refractivity contribution in [3.63, 3.8) is 0 Å². The van der Waals surface area contributed by atoms with Gasteiger partial charge in [0.1, 0.15) is 11.3 Å². The molecular formula is C14H22N6O. The summed E-state index contributed by atoms with van der Waals surface area (Å²) in [6.07, 6.45) is 0. The number of rotatable bonds is 3. The van der Waals surface area contributed by atoms with Gasteiger partial charge in [0.2, 0.25) is 0 Å². The average Bonchev–Trinajstić information content (AvgIpc) is 2.74. The zero-order valence-electron chi connectivity index (χ0n) is 13.2. The first-order valence-electron chi connectivity index (χ1n) is 6.87. The molecule has 2 aromatic rings. The zero-order valence-corrected chi connectivity index (χ0v) is 13.2. The molecule has 0 aliphatic heterocycles. The number of pyridine rings is 1. The number of nitrogen functional groups attached to an aromatic ring is 1. The van der Waals surface area contributed by atoms with Crippen LogP contribution >= 0.6 is 0 Å². The van der Waals surface area contributed by atoms with Crippen LogP contribution in [0.5, 0.6) is 0 Å². The smallest absolute Gasteiger partial charge is 0.316 e. The molecule has 0 aromatic carbocycles. The second kappa shape index (κ2) is 5.59. The molecule has 21 heavy (non-hydrogen) atoms. The van der Waals surface area contributed by atoms with E-state index in [1.807, 2.05) is 20.8 Å². The third-order valence-electron chi connectivity index (χ3n) is 3.60. The van der Waals surface area contributed by atoms with Gasteiger partial charge in [0.25, 0.3) is 0 Å². The van der Waals surface area contributed by atoms with Gasteiger partial charge < -0.3 is 20.5 Å². The highest BCUT2D eigenvalue weighted by molar-refractivity contribution is 5.88. The number of imidazole rings is 1. The minimum absolute atomic E-state index is 0.105. The Hall–Kier alpha value is -2.31. The summed E-state index contributed by atoms with van der Waals surface area (Å²) in [6, 6.07) is -0.105. The molecule has 0 atom stereocenters. The van der Waals surface area contributed by atoms with E-state index in [0.29, 0.717) is 18.9 Å². The Morgan fingerprint density at radius 2 is 1.95 bits per heavy atom. The minimum Gasteiger partial charge on any atom is -0.382 e. The van der Waals surface area contributed by atoms with Crippen molar-refractivity contribution in [2.24, 2.45) is 0 Å². The van der Waals surface area contributed by atoms with Gasteiger partial charge in [-0.25, -0.2) is 14.8 Å². The molecule has 7 heteroatoms. The van der Waals surface area contributed by atoms with Crippen LogP contribution in [-0.4, -0.2) is 46.1 Å². The van der Waals surface area contributed by atoms with Gasteiger partial charge in [-0.05, 0) is 26.3 Å². The summed E-state index contributed by atoms with van der Waals surface area (Å²) in [4.78, 5) is 21.9. The van der Waals surface area contributed by atoms with E-state index in [9.17, 15) is 4.79 Å². The van der Waals surface area contributed by atoms with Crippen molar-refractivity contribution in [2.75, 3.05) is 26.4 Å². The van der Waals surface area contributed by atoms with Crippen molar-refractivity contribution in [1.29, 1.82) is 0 Å². The van der Waals surface area contributed by atoms with Gasteiger partial charge >= 0.3 is 6.03 Å². The van der Waals surface area contributed by atoms with Crippen molar-refractivity contribution in [2.45, 2.75) is 27.3 Å².